The van der Waals surface area contributed by atoms with Gasteiger partial charge in [0.15, 0.2) is 0 Å². The second kappa shape index (κ2) is 9.15. The third-order valence-electron chi connectivity index (χ3n) is 3.51. The first-order chi connectivity index (χ1) is 11.9. The lowest BCUT2D eigenvalue weighted by Crippen LogP contribution is -2.33. The van der Waals surface area contributed by atoms with Crippen molar-refractivity contribution in [2.45, 2.75) is 13.5 Å². The SMILES string of the molecule is Cc1ccc(C=CC(=O)NCCS(=O)(=O)NCc2ccccc2)cc1. The van der Waals surface area contributed by atoms with Gasteiger partial charge >= 0.3 is 0 Å². The van der Waals surface area contributed by atoms with Gasteiger partial charge in [-0.3, -0.25) is 4.79 Å². The van der Waals surface area contributed by atoms with E-state index in [2.05, 4.69) is 10.0 Å². The van der Waals surface area contributed by atoms with Gasteiger partial charge in [0.05, 0.1) is 5.75 Å². The third kappa shape index (κ3) is 7.32. The van der Waals surface area contributed by atoms with Crippen LogP contribution < -0.4 is 10.0 Å². The molecule has 0 aliphatic carbocycles. The number of nitrogens with one attached hydrogen (secondary N) is 2. The number of hydrogen-bond donors (Lipinski definition) is 2. The molecule has 0 spiro atoms. The van der Waals surface area contributed by atoms with E-state index in [9.17, 15) is 13.2 Å². The molecule has 25 heavy (non-hydrogen) atoms. The molecule has 0 radical (unpaired) electrons. The fourth-order valence-electron chi connectivity index (χ4n) is 2.08. The fraction of sp³-hybridized carbons (Fsp3) is 0.211. The summed E-state index contributed by atoms with van der Waals surface area (Å²) < 4.78 is 26.3. The summed E-state index contributed by atoms with van der Waals surface area (Å²) >= 11 is 0. The Morgan fingerprint density at radius 1 is 1.04 bits per heavy atom. The second-order valence-electron chi connectivity index (χ2n) is 5.66. The highest BCUT2D eigenvalue weighted by Crippen LogP contribution is 2.04. The molecular weight excluding hydrogens is 336 g/mol. The van der Waals surface area contributed by atoms with Gasteiger partial charge in [-0.2, -0.15) is 0 Å². The van der Waals surface area contributed by atoms with Crippen molar-refractivity contribution < 1.29 is 13.2 Å². The van der Waals surface area contributed by atoms with Gasteiger partial charge in [-0.05, 0) is 24.1 Å². The van der Waals surface area contributed by atoms with E-state index in [1.165, 1.54) is 6.08 Å². The van der Waals surface area contributed by atoms with Gasteiger partial charge < -0.3 is 5.32 Å². The van der Waals surface area contributed by atoms with Crippen molar-refractivity contribution in [1.82, 2.24) is 10.0 Å². The lowest BCUT2D eigenvalue weighted by atomic mass is 10.1. The molecule has 5 nitrogen and oxygen atoms in total. The number of benzene rings is 2. The largest absolute Gasteiger partial charge is 0.351 e. The highest BCUT2D eigenvalue weighted by Gasteiger charge is 2.10. The Bertz CT molecular complexity index is 814. The topological polar surface area (TPSA) is 75.3 Å². The Labute approximate surface area is 148 Å². The van der Waals surface area contributed by atoms with E-state index in [1.54, 1.807) is 6.08 Å². The molecule has 2 N–H and O–H groups in total. The summed E-state index contributed by atoms with van der Waals surface area (Å²) in [6.07, 6.45) is 3.09. The normalized spacial score (nSPS) is 11.6. The average molecular weight is 358 g/mol. The number of amides is 1. The van der Waals surface area contributed by atoms with Crippen molar-refractivity contribution in [2.75, 3.05) is 12.3 Å². The monoisotopic (exact) mass is 358 g/mol. The Morgan fingerprint density at radius 3 is 2.40 bits per heavy atom. The Morgan fingerprint density at radius 2 is 1.72 bits per heavy atom. The van der Waals surface area contributed by atoms with E-state index in [-0.39, 0.29) is 24.7 Å². The van der Waals surface area contributed by atoms with Gasteiger partial charge in [0, 0.05) is 19.2 Å². The summed E-state index contributed by atoms with van der Waals surface area (Å²) in [4.78, 5) is 11.7. The summed E-state index contributed by atoms with van der Waals surface area (Å²) in [5.41, 5.74) is 2.95. The minimum atomic E-state index is -3.44. The zero-order chi connectivity index (χ0) is 18.1. The van der Waals surface area contributed by atoms with Gasteiger partial charge in [-0.15, -0.1) is 0 Å². The highest BCUT2D eigenvalue weighted by atomic mass is 32.2. The standard InChI is InChI=1S/C19H22N2O3S/c1-16-7-9-17(10-8-16)11-12-19(22)20-13-14-25(23,24)21-15-18-5-3-2-4-6-18/h2-12,21H,13-15H2,1H3,(H,20,22). The number of carbonyl (C=O) groups is 1. The lowest BCUT2D eigenvalue weighted by molar-refractivity contribution is -0.116. The number of rotatable bonds is 8. The molecule has 0 aliphatic heterocycles. The van der Waals surface area contributed by atoms with Gasteiger partial charge in [-0.25, -0.2) is 13.1 Å². The average Bonchev–Trinajstić information content (AvgIpc) is 2.60. The molecule has 0 atom stereocenters. The van der Waals surface area contributed by atoms with Crippen LogP contribution in [0.2, 0.25) is 0 Å². The first kappa shape index (κ1) is 18.9. The first-order valence-corrected chi connectivity index (χ1v) is 9.64. The molecule has 0 fully saturated rings. The molecule has 1 amide bonds. The zero-order valence-corrected chi connectivity index (χ0v) is 14.9. The van der Waals surface area contributed by atoms with Gasteiger partial charge in [0.1, 0.15) is 0 Å². The summed E-state index contributed by atoms with van der Waals surface area (Å²) in [6, 6.07) is 17.0. The molecule has 0 saturated heterocycles. The van der Waals surface area contributed by atoms with Crippen molar-refractivity contribution >= 4 is 22.0 Å². The van der Waals surface area contributed by atoms with E-state index in [4.69, 9.17) is 0 Å². The van der Waals surface area contributed by atoms with Crippen molar-refractivity contribution in [2.24, 2.45) is 0 Å². The summed E-state index contributed by atoms with van der Waals surface area (Å²) in [6.45, 7) is 2.29. The molecule has 2 aromatic carbocycles. The number of sulfonamides is 1. The highest BCUT2D eigenvalue weighted by molar-refractivity contribution is 7.89. The molecule has 0 aromatic heterocycles. The fourth-order valence-corrected chi connectivity index (χ4v) is 2.98. The van der Waals surface area contributed by atoms with Gasteiger partial charge in [-0.1, -0.05) is 60.2 Å². The quantitative estimate of drug-likeness (QED) is 0.711. The van der Waals surface area contributed by atoms with Crippen LogP contribution in [0, 0.1) is 6.92 Å². The molecule has 132 valence electrons. The van der Waals surface area contributed by atoms with Crippen molar-refractivity contribution in [1.29, 1.82) is 0 Å². The van der Waals surface area contributed by atoms with E-state index in [0.29, 0.717) is 0 Å². The Balaban J connectivity index is 1.73. The maximum Gasteiger partial charge on any atom is 0.244 e. The van der Waals surface area contributed by atoms with Crippen molar-refractivity contribution in [3.63, 3.8) is 0 Å². The first-order valence-electron chi connectivity index (χ1n) is 7.98. The molecule has 2 aromatic rings. The maximum absolute atomic E-state index is 11.9. The van der Waals surface area contributed by atoms with Crippen LogP contribution in [-0.4, -0.2) is 26.6 Å². The third-order valence-corrected chi connectivity index (χ3v) is 4.84. The van der Waals surface area contributed by atoms with E-state index in [0.717, 1.165) is 16.7 Å². The molecule has 6 heteroatoms. The van der Waals surface area contributed by atoms with Crippen LogP contribution in [0.4, 0.5) is 0 Å². The summed E-state index contributed by atoms with van der Waals surface area (Å²) in [7, 11) is -3.44. The number of carbonyl (C=O) groups excluding carboxylic acids is 1. The van der Waals surface area contributed by atoms with Crippen LogP contribution in [-0.2, 0) is 21.4 Å². The minimum absolute atomic E-state index is 0.0567. The summed E-state index contributed by atoms with van der Waals surface area (Å²) in [5, 5.41) is 2.57. The van der Waals surface area contributed by atoms with Gasteiger partial charge in [0.25, 0.3) is 0 Å². The predicted octanol–water partition coefficient (Wildman–Crippen LogP) is 2.24. The predicted molar refractivity (Wildman–Crippen MR) is 100 cm³/mol. The Kier molecular flexibility index (Phi) is 6.91. The molecule has 2 rings (SSSR count). The van der Waals surface area contributed by atoms with Crippen LogP contribution in [0.5, 0.6) is 0 Å². The molecule has 0 saturated carbocycles. The van der Waals surface area contributed by atoms with E-state index >= 15 is 0 Å². The number of aryl methyl sites for hydroxylation is 1. The summed E-state index contributed by atoms with van der Waals surface area (Å²) in [5.74, 6) is -0.483. The zero-order valence-electron chi connectivity index (χ0n) is 14.1. The smallest absolute Gasteiger partial charge is 0.244 e. The van der Waals surface area contributed by atoms with Crippen molar-refractivity contribution in [3.8, 4) is 0 Å². The van der Waals surface area contributed by atoms with E-state index < -0.39 is 10.0 Å². The Hall–Kier alpha value is -2.44. The van der Waals surface area contributed by atoms with Crippen LogP contribution in [0.25, 0.3) is 6.08 Å². The van der Waals surface area contributed by atoms with Crippen LogP contribution in [0.1, 0.15) is 16.7 Å². The van der Waals surface area contributed by atoms with Crippen LogP contribution in [0.3, 0.4) is 0 Å². The minimum Gasteiger partial charge on any atom is -0.351 e. The molecule has 0 unspecified atom stereocenters. The van der Waals surface area contributed by atoms with Crippen LogP contribution >= 0.6 is 0 Å². The van der Waals surface area contributed by atoms with Crippen molar-refractivity contribution in [3.05, 3.63) is 77.4 Å². The van der Waals surface area contributed by atoms with E-state index in [1.807, 2.05) is 61.5 Å². The molecule has 0 bridgehead atoms. The van der Waals surface area contributed by atoms with Crippen LogP contribution in [0.15, 0.2) is 60.7 Å². The molecular formula is C19H22N2O3S. The van der Waals surface area contributed by atoms with Gasteiger partial charge in [0.2, 0.25) is 15.9 Å². The second-order valence-corrected chi connectivity index (χ2v) is 7.59. The molecule has 0 heterocycles. The lowest BCUT2D eigenvalue weighted by Gasteiger charge is -2.07. The number of hydrogen-bond acceptors (Lipinski definition) is 3. The molecule has 0 aliphatic rings. The maximum atomic E-state index is 11.9.